The molecule has 5 heteroatoms. The van der Waals surface area contributed by atoms with Gasteiger partial charge in [-0.2, -0.15) is 0 Å². The molecule has 0 atom stereocenters. The largest absolute Gasteiger partial charge is 0.497 e. The van der Waals surface area contributed by atoms with Gasteiger partial charge in [-0.3, -0.25) is 0 Å². The summed E-state index contributed by atoms with van der Waals surface area (Å²) in [5.41, 5.74) is 1.12. The molecule has 0 fully saturated rings. The lowest BCUT2D eigenvalue weighted by molar-refractivity contribution is 0.414. The van der Waals surface area contributed by atoms with Gasteiger partial charge in [0, 0.05) is 33.2 Å². The fourth-order valence-corrected chi connectivity index (χ4v) is 3.16. The number of halogens is 1. The molecule has 3 rings (SSSR count). The SMILES string of the molecule is COc1ccc2c(CSc3ccc(Cl)cc3)cc(=O)oc2c1. The quantitative estimate of drug-likeness (QED) is 0.510. The van der Waals surface area contributed by atoms with E-state index in [0.29, 0.717) is 22.1 Å². The van der Waals surface area contributed by atoms with Crippen molar-refractivity contribution in [1.82, 2.24) is 0 Å². The molecule has 1 heterocycles. The van der Waals surface area contributed by atoms with Gasteiger partial charge in [0.1, 0.15) is 11.3 Å². The molecule has 22 heavy (non-hydrogen) atoms. The average molecular weight is 333 g/mol. The molecule has 0 amide bonds. The van der Waals surface area contributed by atoms with E-state index in [2.05, 4.69) is 0 Å². The fourth-order valence-electron chi connectivity index (χ4n) is 2.15. The molecule has 0 N–H and O–H groups in total. The lowest BCUT2D eigenvalue weighted by Gasteiger charge is -2.07. The van der Waals surface area contributed by atoms with Crippen molar-refractivity contribution in [1.29, 1.82) is 0 Å². The van der Waals surface area contributed by atoms with E-state index in [-0.39, 0.29) is 5.63 Å². The van der Waals surface area contributed by atoms with Crippen molar-refractivity contribution in [3.63, 3.8) is 0 Å². The maximum Gasteiger partial charge on any atom is 0.336 e. The highest BCUT2D eigenvalue weighted by molar-refractivity contribution is 7.98. The van der Waals surface area contributed by atoms with Gasteiger partial charge in [0.15, 0.2) is 0 Å². The van der Waals surface area contributed by atoms with Crippen molar-refractivity contribution in [2.45, 2.75) is 10.6 Å². The molecule has 0 bridgehead atoms. The van der Waals surface area contributed by atoms with Crippen LogP contribution in [0.15, 0.2) is 62.6 Å². The summed E-state index contributed by atoms with van der Waals surface area (Å²) >= 11 is 7.53. The zero-order valence-corrected chi connectivity index (χ0v) is 13.4. The van der Waals surface area contributed by atoms with Crippen LogP contribution in [-0.2, 0) is 5.75 Å². The maximum atomic E-state index is 11.7. The summed E-state index contributed by atoms with van der Waals surface area (Å²) in [6, 6.07) is 14.7. The van der Waals surface area contributed by atoms with Crippen LogP contribution in [0.5, 0.6) is 5.75 Å². The second-order valence-corrected chi connectivity index (χ2v) is 6.18. The summed E-state index contributed by atoms with van der Waals surface area (Å²) < 4.78 is 10.4. The summed E-state index contributed by atoms with van der Waals surface area (Å²) in [6.45, 7) is 0. The highest BCUT2D eigenvalue weighted by Gasteiger charge is 2.07. The Labute approximate surface area is 136 Å². The first-order chi connectivity index (χ1) is 10.7. The van der Waals surface area contributed by atoms with Gasteiger partial charge < -0.3 is 9.15 Å². The Morgan fingerprint density at radius 2 is 1.91 bits per heavy atom. The highest BCUT2D eigenvalue weighted by atomic mass is 35.5. The van der Waals surface area contributed by atoms with Gasteiger partial charge in [-0.15, -0.1) is 11.8 Å². The van der Waals surface area contributed by atoms with Gasteiger partial charge >= 0.3 is 5.63 Å². The first kappa shape index (κ1) is 15.0. The second kappa shape index (κ2) is 6.46. The molecule has 2 aromatic carbocycles. The topological polar surface area (TPSA) is 39.4 Å². The first-order valence-corrected chi connectivity index (χ1v) is 8.01. The molecule has 0 radical (unpaired) electrons. The third-order valence-electron chi connectivity index (χ3n) is 3.25. The lowest BCUT2D eigenvalue weighted by Crippen LogP contribution is -2.00. The molecule has 0 saturated heterocycles. The molecular formula is C17H13ClO3S. The fraction of sp³-hybridized carbons (Fsp3) is 0.118. The van der Waals surface area contributed by atoms with Gasteiger partial charge in [-0.25, -0.2) is 4.79 Å². The number of ether oxygens (including phenoxy) is 1. The number of benzene rings is 2. The summed E-state index contributed by atoms with van der Waals surface area (Å²) in [4.78, 5) is 12.8. The standard InChI is InChI=1S/C17H13ClO3S/c1-20-13-4-7-15-11(8-17(19)21-16(15)9-13)10-22-14-5-2-12(18)3-6-14/h2-9H,10H2,1H3. The van der Waals surface area contributed by atoms with Gasteiger partial charge in [0.25, 0.3) is 0 Å². The van der Waals surface area contributed by atoms with Crippen LogP contribution in [0, 0.1) is 0 Å². The number of hydrogen-bond acceptors (Lipinski definition) is 4. The van der Waals surface area contributed by atoms with E-state index in [1.807, 2.05) is 36.4 Å². The molecule has 112 valence electrons. The Morgan fingerprint density at radius 1 is 1.14 bits per heavy atom. The van der Waals surface area contributed by atoms with Crippen LogP contribution >= 0.6 is 23.4 Å². The summed E-state index contributed by atoms with van der Waals surface area (Å²) in [5, 5.41) is 1.63. The molecule has 0 aliphatic heterocycles. The summed E-state index contributed by atoms with van der Waals surface area (Å²) in [7, 11) is 1.58. The van der Waals surface area contributed by atoms with Crippen molar-refractivity contribution >= 4 is 34.3 Å². The van der Waals surface area contributed by atoms with Crippen LogP contribution in [-0.4, -0.2) is 7.11 Å². The lowest BCUT2D eigenvalue weighted by atomic mass is 10.1. The van der Waals surface area contributed by atoms with Gasteiger partial charge in [-0.05, 0) is 42.0 Å². The Bertz CT molecular complexity index is 856. The number of methoxy groups -OCH3 is 1. The monoisotopic (exact) mass is 332 g/mol. The van der Waals surface area contributed by atoms with Crippen molar-refractivity contribution < 1.29 is 9.15 Å². The van der Waals surface area contributed by atoms with Crippen LogP contribution in [0.2, 0.25) is 5.02 Å². The minimum Gasteiger partial charge on any atom is -0.497 e. The third-order valence-corrected chi connectivity index (χ3v) is 4.56. The van der Waals surface area contributed by atoms with E-state index in [1.165, 1.54) is 6.07 Å². The van der Waals surface area contributed by atoms with Crippen LogP contribution < -0.4 is 10.4 Å². The third kappa shape index (κ3) is 3.29. The van der Waals surface area contributed by atoms with Gasteiger partial charge in [0.05, 0.1) is 7.11 Å². The van der Waals surface area contributed by atoms with Crippen molar-refractivity contribution in [3.05, 3.63) is 69.5 Å². The van der Waals surface area contributed by atoms with Crippen molar-refractivity contribution in [2.24, 2.45) is 0 Å². The molecular weight excluding hydrogens is 320 g/mol. The predicted octanol–water partition coefficient (Wildman–Crippen LogP) is 4.75. The van der Waals surface area contributed by atoms with Crippen LogP contribution in [0.4, 0.5) is 0 Å². The summed E-state index contributed by atoms with van der Waals surface area (Å²) in [6.07, 6.45) is 0. The molecule has 3 aromatic rings. The van der Waals surface area contributed by atoms with Crippen LogP contribution in [0.25, 0.3) is 11.0 Å². The van der Waals surface area contributed by atoms with Gasteiger partial charge in [0.2, 0.25) is 0 Å². The zero-order valence-electron chi connectivity index (χ0n) is 11.8. The molecule has 1 aromatic heterocycles. The molecule has 0 unspecified atom stereocenters. The predicted molar refractivity (Wildman–Crippen MR) is 90.0 cm³/mol. The second-order valence-electron chi connectivity index (χ2n) is 4.70. The van der Waals surface area contributed by atoms with Crippen molar-refractivity contribution in [2.75, 3.05) is 7.11 Å². The van der Waals surface area contributed by atoms with E-state index in [0.717, 1.165) is 15.8 Å². The number of thioether (sulfide) groups is 1. The molecule has 0 aliphatic carbocycles. The van der Waals surface area contributed by atoms with E-state index >= 15 is 0 Å². The maximum absolute atomic E-state index is 11.7. The zero-order chi connectivity index (χ0) is 15.5. The Hall–Kier alpha value is -1.91. The minimum atomic E-state index is -0.354. The summed E-state index contributed by atoms with van der Waals surface area (Å²) in [5.74, 6) is 1.34. The number of rotatable bonds is 4. The Balaban J connectivity index is 1.92. The smallest absolute Gasteiger partial charge is 0.336 e. The van der Waals surface area contributed by atoms with E-state index in [4.69, 9.17) is 20.8 Å². The van der Waals surface area contributed by atoms with Crippen molar-refractivity contribution in [3.8, 4) is 5.75 Å². The van der Waals surface area contributed by atoms with Crippen LogP contribution in [0.1, 0.15) is 5.56 Å². The average Bonchev–Trinajstić information content (AvgIpc) is 2.53. The minimum absolute atomic E-state index is 0.354. The molecule has 3 nitrogen and oxygen atoms in total. The van der Waals surface area contributed by atoms with E-state index in [1.54, 1.807) is 24.9 Å². The number of fused-ring (bicyclic) bond motifs is 1. The van der Waals surface area contributed by atoms with Crippen LogP contribution in [0.3, 0.4) is 0 Å². The highest BCUT2D eigenvalue weighted by Crippen LogP contribution is 2.28. The Kier molecular flexibility index (Phi) is 4.41. The van der Waals surface area contributed by atoms with E-state index in [9.17, 15) is 4.79 Å². The molecule has 0 spiro atoms. The van der Waals surface area contributed by atoms with E-state index < -0.39 is 0 Å². The normalized spacial score (nSPS) is 10.8. The van der Waals surface area contributed by atoms with Gasteiger partial charge in [-0.1, -0.05) is 11.6 Å². The first-order valence-electron chi connectivity index (χ1n) is 6.65. The molecule has 0 aliphatic rings. The number of hydrogen-bond donors (Lipinski definition) is 0. The Morgan fingerprint density at radius 3 is 2.64 bits per heavy atom. The molecule has 0 saturated carbocycles.